The highest BCUT2D eigenvalue weighted by Gasteiger charge is 2.02. The number of rotatable bonds is 6. The van der Waals surface area contributed by atoms with Gasteiger partial charge in [-0.1, -0.05) is 18.2 Å². The van der Waals surface area contributed by atoms with Crippen LogP contribution in [0.2, 0.25) is 0 Å². The summed E-state index contributed by atoms with van der Waals surface area (Å²) in [4.78, 5) is 9.71. The van der Waals surface area contributed by atoms with Gasteiger partial charge < -0.3 is 10.2 Å². The molecule has 3 nitrogen and oxygen atoms in total. The number of hydrogen-bond donors (Lipinski definition) is 1. The standard InChI is InChI=1S/C11H17NO2/c1-12-9-5-7-10-6-3-4-8-11(10)14-13-2/h3-4,6,8,12H,5,7,9H2,1-2H3. The molecule has 0 fully saturated rings. The van der Waals surface area contributed by atoms with Gasteiger partial charge >= 0.3 is 0 Å². The van der Waals surface area contributed by atoms with Crippen LogP contribution in [0.3, 0.4) is 0 Å². The van der Waals surface area contributed by atoms with Gasteiger partial charge in [-0.15, -0.1) is 0 Å². The number of hydrogen-bond acceptors (Lipinski definition) is 3. The van der Waals surface area contributed by atoms with Crippen molar-refractivity contribution in [3.05, 3.63) is 29.8 Å². The molecule has 0 unspecified atom stereocenters. The average molecular weight is 195 g/mol. The van der Waals surface area contributed by atoms with Crippen molar-refractivity contribution in [1.82, 2.24) is 5.32 Å². The normalized spacial score (nSPS) is 10.1. The quantitative estimate of drug-likeness (QED) is 0.426. The van der Waals surface area contributed by atoms with Crippen LogP contribution in [-0.2, 0) is 11.3 Å². The zero-order chi connectivity index (χ0) is 10.2. The molecule has 78 valence electrons. The second kappa shape index (κ2) is 6.40. The van der Waals surface area contributed by atoms with E-state index in [1.54, 1.807) is 0 Å². The van der Waals surface area contributed by atoms with Crippen molar-refractivity contribution in [3.8, 4) is 5.75 Å². The summed E-state index contributed by atoms with van der Waals surface area (Å²) in [6.07, 6.45) is 2.10. The van der Waals surface area contributed by atoms with E-state index >= 15 is 0 Å². The minimum absolute atomic E-state index is 0.811. The van der Waals surface area contributed by atoms with E-state index < -0.39 is 0 Å². The van der Waals surface area contributed by atoms with Crippen LogP contribution >= 0.6 is 0 Å². The molecule has 0 saturated heterocycles. The monoisotopic (exact) mass is 195 g/mol. The van der Waals surface area contributed by atoms with Crippen LogP contribution in [0.4, 0.5) is 0 Å². The highest BCUT2D eigenvalue weighted by molar-refractivity contribution is 5.32. The van der Waals surface area contributed by atoms with Gasteiger partial charge in [-0.25, -0.2) is 0 Å². The van der Waals surface area contributed by atoms with Crippen LogP contribution in [0, 0.1) is 0 Å². The Morgan fingerprint density at radius 2 is 2.07 bits per heavy atom. The van der Waals surface area contributed by atoms with Gasteiger partial charge in [-0.3, -0.25) is 0 Å². The largest absolute Gasteiger partial charge is 0.338 e. The van der Waals surface area contributed by atoms with Crippen molar-refractivity contribution in [2.45, 2.75) is 12.8 Å². The molecular formula is C11H17NO2. The van der Waals surface area contributed by atoms with E-state index in [1.807, 2.05) is 25.2 Å². The molecule has 0 amide bonds. The predicted octanol–water partition coefficient (Wildman–Crippen LogP) is 1.78. The Labute approximate surface area is 85.0 Å². The van der Waals surface area contributed by atoms with E-state index in [1.165, 1.54) is 12.7 Å². The van der Waals surface area contributed by atoms with Crippen molar-refractivity contribution in [1.29, 1.82) is 0 Å². The highest BCUT2D eigenvalue weighted by atomic mass is 17.2. The molecule has 0 saturated carbocycles. The summed E-state index contributed by atoms with van der Waals surface area (Å²) in [5, 5.41) is 3.12. The van der Waals surface area contributed by atoms with Gasteiger partial charge in [0.15, 0.2) is 5.75 Å². The van der Waals surface area contributed by atoms with E-state index in [2.05, 4.69) is 16.3 Å². The molecule has 3 heteroatoms. The summed E-state index contributed by atoms with van der Waals surface area (Å²) in [5.41, 5.74) is 1.18. The zero-order valence-corrected chi connectivity index (χ0v) is 8.75. The van der Waals surface area contributed by atoms with Crippen LogP contribution in [0.1, 0.15) is 12.0 Å². The minimum atomic E-state index is 0.811. The Morgan fingerprint density at radius 3 is 2.79 bits per heavy atom. The summed E-state index contributed by atoms with van der Waals surface area (Å²) >= 11 is 0. The van der Waals surface area contributed by atoms with E-state index in [0.717, 1.165) is 25.1 Å². The van der Waals surface area contributed by atoms with Crippen molar-refractivity contribution in [2.24, 2.45) is 0 Å². The van der Waals surface area contributed by atoms with Crippen molar-refractivity contribution in [2.75, 3.05) is 20.7 Å². The maximum atomic E-state index is 5.05. The third kappa shape index (κ3) is 3.36. The molecule has 1 rings (SSSR count). The number of aryl methyl sites for hydroxylation is 1. The maximum Gasteiger partial charge on any atom is 0.168 e. The fourth-order valence-corrected chi connectivity index (χ4v) is 1.34. The molecule has 0 aromatic heterocycles. The zero-order valence-electron chi connectivity index (χ0n) is 8.75. The van der Waals surface area contributed by atoms with Crippen LogP contribution in [0.15, 0.2) is 24.3 Å². The molecule has 14 heavy (non-hydrogen) atoms. The van der Waals surface area contributed by atoms with E-state index in [0.29, 0.717) is 0 Å². The van der Waals surface area contributed by atoms with Gasteiger partial charge in [0, 0.05) is 0 Å². The Morgan fingerprint density at radius 1 is 1.29 bits per heavy atom. The lowest BCUT2D eigenvalue weighted by Crippen LogP contribution is -2.08. The molecular weight excluding hydrogens is 178 g/mol. The Balaban J connectivity index is 2.55. The third-order valence-corrected chi connectivity index (χ3v) is 2.02. The van der Waals surface area contributed by atoms with E-state index in [9.17, 15) is 0 Å². The number of benzene rings is 1. The SMILES string of the molecule is CNCCCc1ccccc1OOC. The van der Waals surface area contributed by atoms with Gasteiger partial charge in [-0.2, -0.15) is 4.89 Å². The second-order valence-electron chi connectivity index (χ2n) is 3.06. The van der Waals surface area contributed by atoms with Gasteiger partial charge in [0.1, 0.15) is 0 Å². The van der Waals surface area contributed by atoms with Crippen molar-refractivity contribution < 1.29 is 9.78 Å². The third-order valence-electron chi connectivity index (χ3n) is 2.02. The van der Waals surface area contributed by atoms with Crippen LogP contribution < -0.4 is 10.2 Å². The molecule has 0 aliphatic heterocycles. The molecule has 0 radical (unpaired) electrons. The first kappa shape index (κ1) is 11.0. The van der Waals surface area contributed by atoms with Crippen molar-refractivity contribution in [3.63, 3.8) is 0 Å². The van der Waals surface area contributed by atoms with Crippen LogP contribution in [0.25, 0.3) is 0 Å². The van der Waals surface area contributed by atoms with Crippen molar-refractivity contribution >= 4 is 0 Å². The maximum absolute atomic E-state index is 5.05. The fourth-order valence-electron chi connectivity index (χ4n) is 1.34. The summed E-state index contributed by atoms with van der Waals surface area (Å²) in [6.45, 7) is 1.02. The van der Waals surface area contributed by atoms with E-state index in [-0.39, 0.29) is 0 Å². The predicted molar refractivity (Wildman–Crippen MR) is 56.3 cm³/mol. The lowest BCUT2D eigenvalue weighted by Gasteiger charge is -2.07. The molecule has 1 aromatic carbocycles. The smallest absolute Gasteiger partial charge is 0.168 e. The molecule has 0 aliphatic carbocycles. The average Bonchev–Trinajstić information content (AvgIpc) is 2.21. The lowest BCUT2D eigenvalue weighted by molar-refractivity contribution is -0.178. The Bertz CT molecular complexity index is 263. The summed E-state index contributed by atoms with van der Waals surface area (Å²) in [5.74, 6) is 0.811. The fraction of sp³-hybridized carbons (Fsp3) is 0.455. The molecule has 0 spiro atoms. The lowest BCUT2D eigenvalue weighted by atomic mass is 10.1. The molecule has 0 heterocycles. The molecule has 1 N–H and O–H groups in total. The number of para-hydroxylation sites is 1. The van der Waals surface area contributed by atoms with Gasteiger partial charge in [0.25, 0.3) is 0 Å². The second-order valence-corrected chi connectivity index (χ2v) is 3.06. The Hall–Kier alpha value is -1.06. The highest BCUT2D eigenvalue weighted by Crippen LogP contribution is 2.19. The van der Waals surface area contributed by atoms with Crippen LogP contribution in [-0.4, -0.2) is 20.7 Å². The molecule has 0 atom stereocenters. The summed E-state index contributed by atoms with van der Waals surface area (Å²) < 4.78 is 0. The first-order valence-electron chi connectivity index (χ1n) is 4.81. The summed E-state index contributed by atoms with van der Waals surface area (Å²) in [7, 11) is 3.47. The number of nitrogens with one attached hydrogen (secondary N) is 1. The molecule has 0 aliphatic rings. The molecule has 0 bridgehead atoms. The van der Waals surface area contributed by atoms with Crippen LogP contribution in [0.5, 0.6) is 5.75 Å². The first-order valence-corrected chi connectivity index (χ1v) is 4.81. The topological polar surface area (TPSA) is 30.5 Å². The first-order chi connectivity index (χ1) is 6.88. The van der Waals surface area contributed by atoms with E-state index in [4.69, 9.17) is 4.89 Å². The Kier molecular flexibility index (Phi) is 5.04. The molecule has 1 aromatic rings. The van der Waals surface area contributed by atoms with Gasteiger partial charge in [-0.05, 0) is 38.1 Å². The van der Waals surface area contributed by atoms with Gasteiger partial charge in [0.05, 0.1) is 7.11 Å². The minimum Gasteiger partial charge on any atom is -0.338 e. The van der Waals surface area contributed by atoms with Gasteiger partial charge in [0.2, 0.25) is 0 Å². The summed E-state index contributed by atoms with van der Waals surface area (Å²) in [6, 6.07) is 7.93.